The number of amides is 1. The molecule has 1 aliphatic rings. The van der Waals surface area contributed by atoms with Crippen LogP contribution in [0.2, 0.25) is 0 Å². The number of carbonyl (C=O) groups excluding carboxylic acids is 1. The third-order valence-electron chi connectivity index (χ3n) is 4.75. The van der Waals surface area contributed by atoms with Crippen LogP contribution in [-0.4, -0.2) is 45.4 Å². The van der Waals surface area contributed by atoms with Gasteiger partial charge in [-0.2, -0.15) is 9.57 Å². The summed E-state index contributed by atoms with van der Waals surface area (Å²) in [5, 5.41) is 11.6. The van der Waals surface area contributed by atoms with Crippen LogP contribution in [0.15, 0.2) is 47.4 Å². The number of hydrogen-bond acceptors (Lipinski definition) is 6. The van der Waals surface area contributed by atoms with Crippen LogP contribution >= 0.6 is 0 Å². The van der Waals surface area contributed by atoms with Crippen LogP contribution in [0.4, 0.5) is 5.69 Å². The van der Waals surface area contributed by atoms with Gasteiger partial charge < -0.3 is 14.8 Å². The Labute approximate surface area is 169 Å². The summed E-state index contributed by atoms with van der Waals surface area (Å²) in [5.74, 6) is 0.311. The molecule has 1 atom stereocenters. The van der Waals surface area contributed by atoms with Crippen LogP contribution in [0.5, 0.6) is 11.5 Å². The summed E-state index contributed by atoms with van der Waals surface area (Å²) in [4.78, 5) is 12.8. The molecule has 1 heterocycles. The minimum absolute atomic E-state index is 0.0354. The van der Waals surface area contributed by atoms with Crippen molar-refractivity contribution in [1.82, 2.24) is 4.31 Å². The summed E-state index contributed by atoms with van der Waals surface area (Å²) in [6.45, 7) is 0.252. The second-order valence-electron chi connectivity index (χ2n) is 6.47. The second-order valence-corrected chi connectivity index (χ2v) is 8.36. The SMILES string of the molecule is COc1ccc(S(=O)(=O)N2CCCC2C(=O)Nc2ccc(C#N)cc2)cc1OC. The zero-order valence-electron chi connectivity index (χ0n) is 16.1. The van der Waals surface area contributed by atoms with Gasteiger partial charge >= 0.3 is 0 Å². The minimum Gasteiger partial charge on any atom is -0.493 e. The predicted molar refractivity (Wildman–Crippen MR) is 106 cm³/mol. The summed E-state index contributed by atoms with van der Waals surface area (Å²) in [6.07, 6.45) is 1.01. The predicted octanol–water partition coefficient (Wildman–Crippen LogP) is 2.37. The summed E-state index contributed by atoms with van der Waals surface area (Å²) in [6, 6.07) is 11.9. The zero-order chi connectivity index (χ0) is 21.0. The van der Waals surface area contributed by atoms with Gasteiger partial charge in [-0.1, -0.05) is 0 Å². The van der Waals surface area contributed by atoms with E-state index in [1.54, 1.807) is 24.3 Å². The maximum absolute atomic E-state index is 13.2. The zero-order valence-corrected chi connectivity index (χ0v) is 16.9. The number of hydrogen-bond donors (Lipinski definition) is 1. The minimum atomic E-state index is -3.90. The molecule has 29 heavy (non-hydrogen) atoms. The molecule has 1 aliphatic heterocycles. The van der Waals surface area contributed by atoms with E-state index in [1.807, 2.05) is 6.07 Å². The number of sulfonamides is 1. The number of rotatable bonds is 6. The standard InChI is InChI=1S/C20H21N3O5S/c1-27-18-10-9-16(12-19(18)28-2)29(25,26)23-11-3-4-17(23)20(24)22-15-7-5-14(13-21)6-8-15/h5-10,12,17H,3-4,11H2,1-2H3,(H,22,24). The smallest absolute Gasteiger partial charge is 0.243 e. The van der Waals surface area contributed by atoms with Gasteiger partial charge in [0.2, 0.25) is 15.9 Å². The van der Waals surface area contributed by atoms with Crippen molar-refractivity contribution in [2.75, 3.05) is 26.1 Å². The van der Waals surface area contributed by atoms with E-state index >= 15 is 0 Å². The normalized spacial score (nSPS) is 16.8. The summed E-state index contributed by atoms with van der Waals surface area (Å²) < 4.78 is 37.9. The van der Waals surface area contributed by atoms with Gasteiger partial charge in [-0.3, -0.25) is 4.79 Å². The number of nitrogens with zero attached hydrogens (tertiary/aromatic N) is 2. The van der Waals surface area contributed by atoms with Gasteiger partial charge in [-0.05, 0) is 49.2 Å². The molecule has 2 aromatic carbocycles. The van der Waals surface area contributed by atoms with Crippen molar-refractivity contribution < 1.29 is 22.7 Å². The molecule has 1 N–H and O–H groups in total. The van der Waals surface area contributed by atoms with E-state index in [0.717, 1.165) is 0 Å². The number of nitrogens with one attached hydrogen (secondary N) is 1. The van der Waals surface area contributed by atoms with Gasteiger partial charge in [0.05, 0.1) is 30.7 Å². The Hall–Kier alpha value is -3.09. The molecular weight excluding hydrogens is 394 g/mol. The number of ether oxygens (including phenoxy) is 2. The van der Waals surface area contributed by atoms with Gasteiger partial charge in [0.1, 0.15) is 6.04 Å². The molecule has 9 heteroatoms. The maximum atomic E-state index is 13.2. The number of methoxy groups -OCH3 is 2. The highest BCUT2D eigenvalue weighted by molar-refractivity contribution is 7.89. The Morgan fingerprint density at radius 3 is 2.45 bits per heavy atom. The molecule has 0 bridgehead atoms. The largest absolute Gasteiger partial charge is 0.493 e. The van der Waals surface area contributed by atoms with Crippen LogP contribution in [0.25, 0.3) is 0 Å². The molecule has 1 fully saturated rings. The van der Waals surface area contributed by atoms with E-state index < -0.39 is 22.0 Å². The lowest BCUT2D eigenvalue weighted by atomic mass is 10.2. The van der Waals surface area contributed by atoms with Gasteiger partial charge in [0.15, 0.2) is 11.5 Å². The Morgan fingerprint density at radius 2 is 1.83 bits per heavy atom. The van der Waals surface area contributed by atoms with Crippen LogP contribution in [0.1, 0.15) is 18.4 Å². The fourth-order valence-electron chi connectivity index (χ4n) is 3.26. The van der Waals surface area contributed by atoms with Gasteiger partial charge in [0.25, 0.3) is 0 Å². The summed E-state index contributed by atoms with van der Waals surface area (Å²) in [7, 11) is -1.00. The van der Waals surface area contributed by atoms with E-state index in [2.05, 4.69) is 5.32 Å². The molecular formula is C20H21N3O5S. The third-order valence-corrected chi connectivity index (χ3v) is 6.65. The first-order chi connectivity index (χ1) is 13.9. The molecule has 0 aliphatic carbocycles. The quantitative estimate of drug-likeness (QED) is 0.776. The maximum Gasteiger partial charge on any atom is 0.243 e. The highest BCUT2D eigenvalue weighted by Gasteiger charge is 2.39. The molecule has 0 saturated carbocycles. The van der Waals surface area contributed by atoms with Crippen LogP contribution in [0.3, 0.4) is 0 Å². The number of anilines is 1. The molecule has 2 aromatic rings. The average Bonchev–Trinajstić information content (AvgIpc) is 3.24. The number of benzene rings is 2. The lowest BCUT2D eigenvalue weighted by Crippen LogP contribution is -2.43. The van der Waals surface area contributed by atoms with Crippen molar-refractivity contribution >= 4 is 21.6 Å². The topological polar surface area (TPSA) is 109 Å². The summed E-state index contributed by atoms with van der Waals surface area (Å²) in [5.41, 5.74) is 0.978. The number of nitriles is 1. The highest BCUT2D eigenvalue weighted by atomic mass is 32.2. The molecule has 1 amide bonds. The molecule has 3 rings (SSSR count). The Bertz CT molecular complexity index is 1040. The van der Waals surface area contributed by atoms with Crippen LogP contribution in [0, 0.1) is 11.3 Å². The monoisotopic (exact) mass is 415 g/mol. The van der Waals surface area contributed by atoms with Crippen molar-refractivity contribution in [3.8, 4) is 17.6 Å². The lowest BCUT2D eigenvalue weighted by Gasteiger charge is -2.24. The molecule has 152 valence electrons. The van der Waals surface area contributed by atoms with E-state index in [1.165, 1.54) is 36.7 Å². The fourth-order valence-corrected chi connectivity index (χ4v) is 4.93. The van der Waals surface area contributed by atoms with Crippen molar-refractivity contribution in [1.29, 1.82) is 5.26 Å². The molecule has 1 unspecified atom stereocenters. The Morgan fingerprint density at radius 1 is 1.14 bits per heavy atom. The van der Waals surface area contributed by atoms with E-state index in [9.17, 15) is 13.2 Å². The molecule has 0 spiro atoms. The van der Waals surface area contributed by atoms with Crippen LogP contribution < -0.4 is 14.8 Å². The molecule has 0 aromatic heterocycles. The third kappa shape index (κ3) is 4.18. The fraction of sp³-hybridized carbons (Fsp3) is 0.300. The van der Waals surface area contributed by atoms with E-state index in [-0.39, 0.29) is 11.4 Å². The molecule has 8 nitrogen and oxygen atoms in total. The average molecular weight is 415 g/mol. The van der Waals surface area contributed by atoms with E-state index in [0.29, 0.717) is 35.6 Å². The van der Waals surface area contributed by atoms with Crippen molar-refractivity contribution in [3.63, 3.8) is 0 Å². The molecule has 0 radical (unpaired) electrons. The molecule has 1 saturated heterocycles. The van der Waals surface area contributed by atoms with Crippen molar-refractivity contribution in [2.45, 2.75) is 23.8 Å². The van der Waals surface area contributed by atoms with Crippen LogP contribution in [-0.2, 0) is 14.8 Å². The lowest BCUT2D eigenvalue weighted by molar-refractivity contribution is -0.119. The summed E-state index contributed by atoms with van der Waals surface area (Å²) >= 11 is 0. The van der Waals surface area contributed by atoms with E-state index in [4.69, 9.17) is 14.7 Å². The first-order valence-electron chi connectivity index (χ1n) is 8.95. The second kappa shape index (κ2) is 8.51. The van der Waals surface area contributed by atoms with Gasteiger partial charge in [-0.25, -0.2) is 8.42 Å². The number of carbonyl (C=O) groups is 1. The highest BCUT2D eigenvalue weighted by Crippen LogP contribution is 2.33. The Kier molecular flexibility index (Phi) is 6.06. The Balaban J connectivity index is 1.83. The van der Waals surface area contributed by atoms with Crippen molar-refractivity contribution in [2.24, 2.45) is 0 Å². The van der Waals surface area contributed by atoms with Gasteiger partial charge in [-0.15, -0.1) is 0 Å². The first-order valence-corrected chi connectivity index (χ1v) is 10.4. The van der Waals surface area contributed by atoms with Crippen molar-refractivity contribution in [3.05, 3.63) is 48.0 Å². The van der Waals surface area contributed by atoms with Gasteiger partial charge in [0, 0.05) is 18.3 Å². The first kappa shape index (κ1) is 20.6.